The lowest BCUT2D eigenvalue weighted by Gasteiger charge is -2.13. The highest BCUT2D eigenvalue weighted by Crippen LogP contribution is 2.23. The molecule has 3 aromatic carbocycles. The second-order valence-electron chi connectivity index (χ2n) is 5.07. The molecule has 0 saturated heterocycles. The zero-order valence-corrected chi connectivity index (χ0v) is 14.5. The quantitative estimate of drug-likeness (QED) is 0.591. The van der Waals surface area contributed by atoms with Gasteiger partial charge in [0.15, 0.2) is 5.11 Å². The molecule has 0 fully saturated rings. The minimum Gasteiger partial charge on any atom is -0.358 e. The maximum Gasteiger partial charge on any atom is 0.171 e. The molecule has 0 radical (unpaired) electrons. The molecule has 0 bridgehead atoms. The van der Waals surface area contributed by atoms with Gasteiger partial charge in [0.1, 0.15) is 0 Å². The van der Waals surface area contributed by atoms with Crippen LogP contribution in [0, 0.1) is 0 Å². The first-order chi connectivity index (χ1) is 11.1. The molecule has 0 atom stereocenters. The number of hydrogen-bond acceptors (Lipinski definition) is 1. The number of halogens is 2. The Hall–Kier alpha value is -1.81. The number of anilines is 1. The number of thiocarbonyl (C=S) groups is 1. The maximum absolute atomic E-state index is 6.16. The summed E-state index contributed by atoms with van der Waals surface area (Å²) in [6, 6.07) is 19.7. The Morgan fingerprint density at radius 3 is 2.57 bits per heavy atom. The molecule has 3 rings (SSSR count). The van der Waals surface area contributed by atoms with E-state index in [0.717, 1.165) is 16.6 Å². The molecule has 0 amide bonds. The van der Waals surface area contributed by atoms with Gasteiger partial charge in [0.05, 0.1) is 0 Å². The van der Waals surface area contributed by atoms with Crippen molar-refractivity contribution in [3.8, 4) is 0 Å². The largest absolute Gasteiger partial charge is 0.358 e. The minimum absolute atomic E-state index is 0.534. The number of nitrogens with one attached hydrogen (secondary N) is 2. The fraction of sp³-hybridized carbons (Fsp3) is 0.0556. The van der Waals surface area contributed by atoms with Crippen LogP contribution in [0.1, 0.15) is 5.56 Å². The van der Waals surface area contributed by atoms with E-state index < -0.39 is 0 Å². The van der Waals surface area contributed by atoms with Gasteiger partial charge >= 0.3 is 0 Å². The van der Waals surface area contributed by atoms with Gasteiger partial charge in [-0.05, 0) is 41.4 Å². The Balaban J connectivity index is 1.69. The van der Waals surface area contributed by atoms with E-state index in [0.29, 0.717) is 21.7 Å². The van der Waals surface area contributed by atoms with E-state index in [9.17, 15) is 0 Å². The first kappa shape index (κ1) is 16.1. The van der Waals surface area contributed by atoms with Gasteiger partial charge in [-0.25, -0.2) is 0 Å². The number of benzene rings is 3. The normalized spacial score (nSPS) is 10.5. The molecule has 0 saturated carbocycles. The highest BCUT2D eigenvalue weighted by molar-refractivity contribution is 7.80. The van der Waals surface area contributed by atoms with E-state index in [4.69, 9.17) is 35.4 Å². The SMILES string of the molecule is S=C(NCc1ccc(Cl)cc1Cl)Nc1cccc2ccccc12. The molecular weight excluding hydrogens is 347 g/mol. The van der Waals surface area contributed by atoms with Gasteiger partial charge in [0.25, 0.3) is 0 Å². The number of fused-ring (bicyclic) bond motifs is 1. The van der Waals surface area contributed by atoms with Crippen molar-refractivity contribution in [3.05, 3.63) is 76.3 Å². The molecule has 0 spiro atoms. The van der Waals surface area contributed by atoms with Crippen LogP contribution >= 0.6 is 35.4 Å². The third-order valence-electron chi connectivity index (χ3n) is 3.49. The molecule has 116 valence electrons. The molecule has 5 heteroatoms. The van der Waals surface area contributed by atoms with Gasteiger partial charge in [0, 0.05) is 27.7 Å². The highest BCUT2D eigenvalue weighted by atomic mass is 35.5. The van der Waals surface area contributed by atoms with Crippen LogP contribution in [0.25, 0.3) is 10.8 Å². The van der Waals surface area contributed by atoms with Crippen LogP contribution in [-0.4, -0.2) is 5.11 Å². The molecule has 0 aromatic heterocycles. The summed E-state index contributed by atoms with van der Waals surface area (Å²) < 4.78 is 0. The molecule has 3 aromatic rings. The minimum atomic E-state index is 0.534. The van der Waals surface area contributed by atoms with E-state index in [1.165, 1.54) is 5.39 Å². The lowest BCUT2D eigenvalue weighted by molar-refractivity contribution is 0.926. The smallest absolute Gasteiger partial charge is 0.171 e. The van der Waals surface area contributed by atoms with Crippen molar-refractivity contribution < 1.29 is 0 Å². The third kappa shape index (κ3) is 3.94. The van der Waals surface area contributed by atoms with Crippen LogP contribution in [0.4, 0.5) is 5.69 Å². The molecular formula is C18H14Cl2N2S. The monoisotopic (exact) mass is 360 g/mol. The second kappa shape index (κ2) is 7.18. The average Bonchev–Trinajstić information content (AvgIpc) is 2.54. The van der Waals surface area contributed by atoms with Gasteiger partial charge in [-0.15, -0.1) is 0 Å². The van der Waals surface area contributed by atoms with Crippen LogP contribution in [-0.2, 0) is 6.54 Å². The lowest BCUT2D eigenvalue weighted by Crippen LogP contribution is -2.28. The van der Waals surface area contributed by atoms with Crippen molar-refractivity contribution >= 4 is 57.0 Å². The molecule has 23 heavy (non-hydrogen) atoms. The molecule has 0 heterocycles. The van der Waals surface area contributed by atoms with Crippen LogP contribution in [0.2, 0.25) is 10.0 Å². The van der Waals surface area contributed by atoms with Crippen LogP contribution < -0.4 is 10.6 Å². The standard InChI is InChI=1S/C18H14Cl2N2S/c19-14-9-8-13(16(20)10-14)11-21-18(23)22-17-7-3-5-12-4-1-2-6-15(12)17/h1-10H,11H2,(H2,21,22,23). The van der Waals surface area contributed by atoms with E-state index in [1.807, 2.05) is 36.4 Å². The van der Waals surface area contributed by atoms with Crippen LogP contribution in [0.3, 0.4) is 0 Å². The summed E-state index contributed by atoms with van der Waals surface area (Å²) in [5, 5.41) is 10.5. The summed E-state index contributed by atoms with van der Waals surface area (Å²) >= 11 is 17.4. The third-order valence-corrected chi connectivity index (χ3v) is 4.33. The number of hydrogen-bond donors (Lipinski definition) is 2. The van der Waals surface area contributed by atoms with Gasteiger partial charge < -0.3 is 10.6 Å². The number of rotatable bonds is 3. The van der Waals surface area contributed by atoms with Gasteiger partial charge in [-0.3, -0.25) is 0 Å². The van der Waals surface area contributed by atoms with Gasteiger partial charge in [-0.2, -0.15) is 0 Å². The fourth-order valence-electron chi connectivity index (χ4n) is 2.34. The fourth-order valence-corrected chi connectivity index (χ4v) is 3.00. The average molecular weight is 361 g/mol. The first-order valence-corrected chi connectivity index (χ1v) is 8.26. The summed E-state index contributed by atoms with van der Waals surface area (Å²) in [5.74, 6) is 0. The first-order valence-electron chi connectivity index (χ1n) is 7.10. The van der Waals surface area contributed by atoms with E-state index >= 15 is 0 Å². The lowest BCUT2D eigenvalue weighted by atomic mass is 10.1. The van der Waals surface area contributed by atoms with Crippen LogP contribution in [0.5, 0.6) is 0 Å². The Bertz CT molecular complexity index is 859. The topological polar surface area (TPSA) is 24.1 Å². The zero-order valence-electron chi connectivity index (χ0n) is 12.1. The zero-order chi connectivity index (χ0) is 16.2. The Labute approximate surface area is 150 Å². The maximum atomic E-state index is 6.16. The van der Waals surface area contributed by atoms with Crippen molar-refractivity contribution in [2.24, 2.45) is 0 Å². The van der Waals surface area contributed by atoms with Crippen molar-refractivity contribution in [2.75, 3.05) is 5.32 Å². The van der Waals surface area contributed by atoms with E-state index in [2.05, 4.69) is 28.8 Å². The molecule has 0 aliphatic heterocycles. The van der Waals surface area contributed by atoms with Crippen molar-refractivity contribution in [1.29, 1.82) is 0 Å². The van der Waals surface area contributed by atoms with Gasteiger partial charge in [0.2, 0.25) is 0 Å². The van der Waals surface area contributed by atoms with Crippen molar-refractivity contribution in [3.63, 3.8) is 0 Å². The van der Waals surface area contributed by atoms with E-state index in [1.54, 1.807) is 6.07 Å². The predicted octanol–water partition coefficient (Wildman–Crippen LogP) is 5.63. The van der Waals surface area contributed by atoms with E-state index in [-0.39, 0.29) is 0 Å². The Morgan fingerprint density at radius 1 is 0.957 bits per heavy atom. The summed E-state index contributed by atoms with van der Waals surface area (Å²) in [7, 11) is 0. The Morgan fingerprint density at radius 2 is 1.74 bits per heavy atom. The molecule has 0 aliphatic carbocycles. The van der Waals surface area contributed by atoms with Crippen LogP contribution in [0.15, 0.2) is 60.7 Å². The molecule has 0 aliphatic rings. The second-order valence-corrected chi connectivity index (χ2v) is 6.32. The molecule has 2 nitrogen and oxygen atoms in total. The van der Waals surface area contributed by atoms with Gasteiger partial charge in [-0.1, -0.05) is 65.7 Å². The summed E-state index contributed by atoms with van der Waals surface area (Å²) in [4.78, 5) is 0. The van der Waals surface area contributed by atoms with Crippen molar-refractivity contribution in [1.82, 2.24) is 5.32 Å². The van der Waals surface area contributed by atoms with Crippen molar-refractivity contribution in [2.45, 2.75) is 6.54 Å². The molecule has 2 N–H and O–H groups in total. The highest BCUT2D eigenvalue weighted by Gasteiger charge is 2.05. The predicted molar refractivity (Wildman–Crippen MR) is 103 cm³/mol. The summed E-state index contributed by atoms with van der Waals surface area (Å²) in [6.07, 6.45) is 0. The molecule has 0 unspecified atom stereocenters. The summed E-state index contributed by atoms with van der Waals surface area (Å²) in [5.41, 5.74) is 1.92. The summed E-state index contributed by atoms with van der Waals surface area (Å²) in [6.45, 7) is 0.534. The Kier molecular flexibility index (Phi) is 5.01.